The number of primary amides is 1. The summed E-state index contributed by atoms with van der Waals surface area (Å²) in [5, 5.41) is 12.3. The minimum Gasteiger partial charge on any atom is -0.351 e. The number of nitrogens with two attached hydrogens (primary N) is 1. The van der Waals surface area contributed by atoms with E-state index in [1.54, 1.807) is 24.3 Å². The van der Waals surface area contributed by atoms with Crippen molar-refractivity contribution in [3.8, 4) is 0 Å². The molecule has 1 atom stereocenters. The van der Waals surface area contributed by atoms with E-state index < -0.39 is 17.2 Å². The van der Waals surface area contributed by atoms with Gasteiger partial charge in [0.15, 0.2) is 5.17 Å². The van der Waals surface area contributed by atoms with E-state index in [2.05, 4.69) is 15.5 Å². The topological polar surface area (TPSA) is 126 Å². The van der Waals surface area contributed by atoms with Crippen LogP contribution in [0.2, 0.25) is 5.02 Å². The van der Waals surface area contributed by atoms with Crippen LogP contribution < -0.4 is 16.4 Å². The summed E-state index contributed by atoms with van der Waals surface area (Å²) in [7, 11) is 0. The average Bonchev–Trinajstić information content (AvgIpc) is 2.80. The van der Waals surface area contributed by atoms with Crippen molar-refractivity contribution in [3.63, 3.8) is 0 Å². The lowest BCUT2D eigenvalue weighted by molar-refractivity contribution is -0.124. The molecule has 1 aliphatic rings. The highest BCUT2D eigenvalue weighted by Gasteiger charge is 2.32. The van der Waals surface area contributed by atoms with Crippen molar-refractivity contribution in [2.45, 2.75) is 11.7 Å². The molecule has 0 aliphatic carbocycles. The Balaban J connectivity index is 1.92. The minimum atomic E-state index is -0.958. The Morgan fingerprint density at radius 3 is 2.74 bits per heavy atom. The number of carbonyl (C=O) groups is 3. The molecule has 1 saturated heterocycles. The van der Waals surface area contributed by atoms with E-state index in [-0.39, 0.29) is 17.5 Å². The number of thioether (sulfide) groups is 1. The standard InChI is InChI=1S/C13H12ClN5O3S/c14-8-3-1-7(2-4-8)6-16-19-13-18-11(21)9(23-13)5-10(20)17-12(15)22/h1-4,6,9H,5H2,(H,18,19,21)(H3,15,17,20,22)/b16-6+. The van der Waals surface area contributed by atoms with Crippen LogP contribution in [0.4, 0.5) is 4.79 Å². The Morgan fingerprint density at radius 2 is 2.09 bits per heavy atom. The van der Waals surface area contributed by atoms with Crippen molar-refractivity contribution in [2.24, 2.45) is 15.9 Å². The number of rotatable bonds is 4. The van der Waals surface area contributed by atoms with Gasteiger partial charge in [-0.25, -0.2) is 4.79 Å². The van der Waals surface area contributed by atoms with Gasteiger partial charge >= 0.3 is 6.03 Å². The number of amides is 4. The summed E-state index contributed by atoms with van der Waals surface area (Å²) in [4.78, 5) is 33.7. The number of carbonyl (C=O) groups excluding carboxylic acids is 3. The third-order valence-corrected chi connectivity index (χ3v) is 3.96. The van der Waals surface area contributed by atoms with Crippen LogP contribution in [0.3, 0.4) is 0 Å². The fraction of sp³-hybridized carbons (Fsp3) is 0.154. The molecule has 23 heavy (non-hydrogen) atoms. The zero-order valence-electron chi connectivity index (χ0n) is 11.7. The molecule has 1 aliphatic heterocycles. The number of benzene rings is 1. The lowest BCUT2D eigenvalue weighted by atomic mass is 10.2. The normalized spacial score (nSPS) is 19.1. The second-order valence-corrected chi connectivity index (χ2v) is 6.04. The van der Waals surface area contributed by atoms with E-state index >= 15 is 0 Å². The summed E-state index contributed by atoms with van der Waals surface area (Å²) in [5.41, 5.74) is 5.63. The summed E-state index contributed by atoms with van der Waals surface area (Å²) in [5.74, 6) is -1.01. The average molecular weight is 354 g/mol. The molecule has 0 spiro atoms. The molecule has 0 radical (unpaired) electrons. The molecule has 1 aromatic carbocycles. The predicted molar refractivity (Wildman–Crippen MR) is 88.3 cm³/mol. The van der Waals surface area contributed by atoms with E-state index in [0.717, 1.165) is 17.3 Å². The second-order valence-electron chi connectivity index (χ2n) is 4.41. The maximum absolute atomic E-state index is 11.7. The van der Waals surface area contributed by atoms with Gasteiger partial charge in [0.05, 0.1) is 6.21 Å². The monoisotopic (exact) mass is 353 g/mol. The van der Waals surface area contributed by atoms with Crippen molar-refractivity contribution in [1.29, 1.82) is 0 Å². The summed E-state index contributed by atoms with van der Waals surface area (Å²) in [6.45, 7) is 0. The van der Waals surface area contributed by atoms with Crippen molar-refractivity contribution < 1.29 is 14.4 Å². The van der Waals surface area contributed by atoms with Gasteiger partial charge in [-0.15, -0.1) is 5.10 Å². The number of nitrogens with zero attached hydrogens (tertiary/aromatic N) is 2. The van der Waals surface area contributed by atoms with Gasteiger partial charge in [-0.1, -0.05) is 35.5 Å². The molecule has 10 heteroatoms. The maximum Gasteiger partial charge on any atom is 0.318 e. The Kier molecular flexibility index (Phi) is 5.72. The molecule has 1 fully saturated rings. The van der Waals surface area contributed by atoms with Gasteiger partial charge in [0.1, 0.15) is 5.25 Å². The highest BCUT2D eigenvalue weighted by molar-refractivity contribution is 8.15. The van der Waals surface area contributed by atoms with Gasteiger partial charge in [0, 0.05) is 11.4 Å². The van der Waals surface area contributed by atoms with Crippen molar-refractivity contribution in [1.82, 2.24) is 10.6 Å². The smallest absolute Gasteiger partial charge is 0.318 e. The van der Waals surface area contributed by atoms with E-state index in [9.17, 15) is 14.4 Å². The predicted octanol–water partition coefficient (Wildman–Crippen LogP) is 0.846. The Morgan fingerprint density at radius 1 is 1.39 bits per heavy atom. The van der Waals surface area contributed by atoms with Crippen LogP contribution in [0.1, 0.15) is 12.0 Å². The lowest BCUT2D eigenvalue weighted by Crippen LogP contribution is -2.37. The quantitative estimate of drug-likeness (QED) is 0.547. The van der Waals surface area contributed by atoms with Crippen LogP contribution in [0, 0.1) is 0 Å². The third kappa shape index (κ3) is 5.38. The van der Waals surface area contributed by atoms with Crippen molar-refractivity contribution in [3.05, 3.63) is 34.9 Å². The fourth-order valence-corrected chi connectivity index (χ4v) is 2.69. The first-order valence-corrected chi connectivity index (χ1v) is 7.63. The molecule has 1 aromatic rings. The number of hydrogen-bond donors (Lipinski definition) is 3. The number of nitrogens with one attached hydrogen (secondary N) is 2. The highest BCUT2D eigenvalue weighted by atomic mass is 35.5. The van der Waals surface area contributed by atoms with Gasteiger partial charge < -0.3 is 11.1 Å². The SMILES string of the molecule is NC(=O)NC(=O)CC1S/C(=N/N=C/c2ccc(Cl)cc2)NC1=O. The molecular weight excluding hydrogens is 342 g/mol. The maximum atomic E-state index is 11.7. The molecule has 1 heterocycles. The van der Waals surface area contributed by atoms with Crippen LogP contribution in [0.25, 0.3) is 0 Å². The molecule has 0 saturated carbocycles. The van der Waals surface area contributed by atoms with E-state index in [1.807, 2.05) is 5.32 Å². The molecule has 8 nitrogen and oxygen atoms in total. The van der Waals surface area contributed by atoms with Crippen molar-refractivity contribution in [2.75, 3.05) is 0 Å². The van der Waals surface area contributed by atoms with Crippen LogP contribution in [0.5, 0.6) is 0 Å². The molecular formula is C13H12ClN5O3S. The second kappa shape index (κ2) is 7.75. The van der Waals surface area contributed by atoms with Crippen LogP contribution in [-0.2, 0) is 9.59 Å². The number of imide groups is 1. The van der Waals surface area contributed by atoms with E-state index in [0.29, 0.717) is 5.02 Å². The Labute approximate surface area is 140 Å². The molecule has 120 valence electrons. The minimum absolute atomic E-state index is 0.181. The van der Waals surface area contributed by atoms with Gasteiger partial charge in [-0.3, -0.25) is 14.9 Å². The summed E-state index contributed by atoms with van der Waals surface area (Å²) < 4.78 is 0. The van der Waals surface area contributed by atoms with Crippen LogP contribution in [-0.4, -0.2) is 34.5 Å². The molecule has 4 amide bonds. The largest absolute Gasteiger partial charge is 0.351 e. The van der Waals surface area contributed by atoms with E-state index in [4.69, 9.17) is 17.3 Å². The highest BCUT2D eigenvalue weighted by Crippen LogP contribution is 2.22. The van der Waals surface area contributed by atoms with Gasteiger partial charge in [-0.05, 0) is 17.7 Å². The summed E-state index contributed by atoms with van der Waals surface area (Å²) >= 11 is 6.82. The first-order chi connectivity index (χ1) is 10.9. The Hall–Kier alpha value is -2.39. The molecule has 4 N–H and O–H groups in total. The van der Waals surface area contributed by atoms with Crippen molar-refractivity contribution >= 4 is 52.6 Å². The molecule has 0 bridgehead atoms. The van der Waals surface area contributed by atoms with E-state index in [1.165, 1.54) is 6.21 Å². The number of halogens is 1. The zero-order chi connectivity index (χ0) is 16.8. The zero-order valence-corrected chi connectivity index (χ0v) is 13.2. The number of urea groups is 1. The fourth-order valence-electron chi connectivity index (χ4n) is 1.64. The van der Waals surface area contributed by atoms with Crippen LogP contribution in [0.15, 0.2) is 34.5 Å². The lowest BCUT2D eigenvalue weighted by Gasteiger charge is -2.03. The van der Waals surface area contributed by atoms with Gasteiger partial charge in [0.25, 0.3) is 0 Å². The van der Waals surface area contributed by atoms with Crippen LogP contribution >= 0.6 is 23.4 Å². The van der Waals surface area contributed by atoms with Gasteiger partial charge in [-0.2, -0.15) is 5.10 Å². The number of hydrogen-bond acceptors (Lipinski definition) is 6. The number of amidine groups is 1. The molecule has 0 aromatic heterocycles. The molecule has 2 rings (SSSR count). The first kappa shape index (κ1) is 17.0. The summed E-state index contributed by atoms with van der Waals surface area (Å²) in [6, 6.07) is 6.01. The third-order valence-electron chi connectivity index (χ3n) is 2.64. The first-order valence-electron chi connectivity index (χ1n) is 6.37. The van der Waals surface area contributed by atoms with Gasteiger partial charge in [0.2, 0.25) is 11.8 Å². The Bertz CT molecular complexity index is 689. The molecule has 1 unspecified atom stereocenters. The summed E-state index contributed by atoms with van der Waals surface area (Å²) in [6.07, 6.45) is 1.32.